The fourth-order valence-corrected chi connectivity index (χ4v) is 3.47. The number of pyridine rings is 2. The van der Waals surface area contributed by atoms with Crippen LogP contribution in [0, 0.1) is 11.6 Å². The quantitative estimate of drug-likeness (QED) is 0.326. The van der Waals surface area contributed by atoms with E-state index in [1.165, 1.54) is 12.4 Å². The second kappa shape index (κ2) is 8.02. The lowest BCUT2D eigenvalue weighted by atomic mass is 10.1. The van der Waals surface area contributed by atoms with E-state index in [0.717, 1.165) is 31.0 Å². The molecule has 0 aliphatic carbocycles. The van der Waals surface area contributed by atoms with Gasteiger partial charge in [0.15, 0.2) is 17.5 Å². The van der Waals surface area contributed by atoms with E-state index >= 15 is 0 Å². The van der Waals surface area contributed by atoms with E-state index < -0.39 is 11.6 Å². The Balaban J connectivity index is 1.72. The SMILES string of the molecule is N/C=C(\NN)c1ccn2c(-c3nc(N[C@H]4CCCNC4)c(F)cc3F)cnc2c1. The number of fused-ring (bicyclic) bond motifs is 1. The largest absolute Gasteiger partial charge is 0.403 e. The minimum atomic E-state index is -0.758. The summed E-state index contributed by atoms with van der Waals surface area (Å²) in [5.41, 5.74) is 10.3. The highest BCUT2D eigenvalue weighted by molar-refractivity contribution is 5.69. The van der Waals surface area contributed by atoms with Gasteiger partial charge in [0.1, 0.15) is 11.3 Å². The summed E-state index contributed by atoms with van der Waals surface area (Å²) in [5.74, 6) is 4.00. The minimum absolute atomic E-state index is 0.0180. The molecule has 0 spiro atoms. The number of imidazole rings is 1. The lowest BCUT2D eigenvalue weighted by Crippen LogP contribution is -2.38. The Kier molecular flexibility index (Phi) is 5.28. The van der Waals surface area contributed by atoms with Crippen LogP contribution in [0.3, 0.4) is 0 Å². The Bertz CT molecular complexity index is 1060. The number of hydrogen-bond acceptors (Lipinski definition) is 7. The first-order chi connectivity index (χ1) is 14.1. The van der Waals surface area contributed by atoms with Gasteiger partial charge in [-0.05, 0) is 31.5 Å². The molecule has 3 aromatic rings. The number of rotatable bonds is 5. The summed E-state index contributed by atoms with van der Waals surface area (Å²) < 4.78 is 30.6. The zero-order valence-electron chi connectivity index (χ0n) is 15.6. The van der Waals surface area contributed by atoms with Crippen LogP contribution in [0.2, 0.25) is 0 Å². The Morgan fingerprint density at radius 3 is 2.90 bits per heavy atom. The first kappa shape index (κ1) is 19.1. The van der Waals surface area contributed by atoms with Crippen molar-refractivity contribution in [2.24, 2.45) is 11.6 Å². The van der Waals surface area contributed by atoms with Crippen molar-refractivity contribution in [3.8, 4) is 11.4 Å². The van der Waals surface area contributed by atoms with Crippen LogP contribution in [0.1, 0.15) is 18.4 Å². The number of hydrogen-bond donors (Lipinski definition) is 5. The van der Waals surface area contributed by atoms with Gasteiger partial charge in [-0.3, -0.25) is 10.2 Å². The van der Waals surface area contributed by atoms with Crippen LogP contribution in [0.5, 0.6) is 0 Å². The van der Waals surface area contributed by atoms with Crippen LogP contribution in [0.25, 0.3) is 22.7 Å². The van der Waals surface area contributed by atoms with Crippen LogP contribution in [-0.2, 0) is 0 Å². The molecule has 152 valence electrons. The van der Waals surface area contributed by atoms with Crippen molar-refractivity contribution in [1.82, 2.24) is 25.1 Å². The van der Waals surface area contributed by atoms with E-state index in [9.17, 15) is 8.78 Å². The zero-order valence-corrected chi connectivity index (χ0v) is 15.6. The Morgan fingerprint density at radius 1 is 1.31 bits per heavy atom. The molecule has 4 heterocycles. The average molecular weight is 400 g/mol. The molecule has 8 nitrogen and oxygen atoms in total. The third-order valence-corrected chi connectivity index (χ3v) is 4.96. The Labute approximate surface area is 166 Å². The van der Waals surface area contributed by atoms with E-state index in [2.05, 4.69) is 26.0 Å². The average Bonchev–Trinajstić information content (AvgIpc) is 3.15. The molecule has 0 bridgehead atoms. The molecule has 0 aromatic carbocycles. The van der Waals surface area contributed by atoms with Crippen molar-refractivity contribution in [1.29, 1.82) is 0 Å². The van der Waals surface area contributed by atoms with Gasteiger partial charge in [0.05, 0.1) is 17.6 Å². The lowest BCUT2D eigenvalue weighted by Gasteiger charge is -2.24. The molecule has 0 saturated carbocycles. The lowest BCUT2D eigenvalue weighted by molar-refractivity contribution is 0.475. The highest BCUT2D eigenvalue weighted by atomic mass is 19.1. The molecule has 1 fully saturated rings. The van der Waals surface area contributed by atoms with Crippen LogP contribution in [0.15, 0.2) is 36.8 Å². The van der Waals surface area contributed by atoms with Gasteiger partial charge >= 0.3 is 0 Å². The predicted octanol–water partition coefficient (Wildman–Crippen LogP) is 1.56. The van der Waals surface area contributed by atoms with Gasteiger partial charge in [-0.15, -0.1) is 0 Å². The van der Waals surface area contributed by atoms with Crippen molar-refractivity contribution in [2.75, 3.05) is 18.4 Å². The van der Waals surface area contributed by atoms with Gasteiger partial charge in [0.2, 0.25) is 0 Å². The molecular formula is C19H22F2N8. The maximum Gasteiger partial charge on any atom is 0.168 e. The van der Waals surface area contributed by atoms with E-state index in [1.807, 2.05) is 0 Å². The molecule has 1 aliphatic heterocycles. The van der Waals surface area contributed by atoms with Crippen molar-refractivity contribution in [2.45, 2.75) is 18.9 Å². The number of nitrogens with two attached hydrogens (primary N) is 2. The summed E-state index contributed by atoms with van der Waals surface area (Å²) in [7, 11) is 0. The van der Waals surface area contributed by atoms with Gasteiger partial charge in [0, 0.05) is 36.6 Å². The van der Waals surface area contributed by atoms with Gasteiger partial charge < -0.3 is 21.8 Å². The number of hydrazine groups is 1. The minimum Gasteiger partial charge on any atom is -0.403 e. The summed E-state index contributed by atoms with van der Waals surface area (Å²) in [5, 5.41) is 6.33. The molecule has 4 rings (SSSR count). The first-order valence-electron chi connectivity index (χ1n) is 9.30. The molecule has 1 saturated heterocycles. The highest BCUT2D eigenvalue weighted by Gasteiger charge is 2.20. The predicted molar refractivity (Wildman–Crippen MR) is 107 cm³/mol. The Morgan fingerprint density at radius 2 is 2.17 bits per heavy atom. The molecule has 29 heavy (non-hydrogen) atoms. The zero-order chi connectivity index (χ0) is 20.4. The summed E-state index contributed by atoms with van der Waals surface area (Å²) in [6.45, 7) is 1.64. The molecular weight excluding hydrogens is 378 g/mol. The van der Waals surface area contributed by atoms with Gasteiger partial charge in [-0.2, -0.15) is 0 Å². The van der Waals surface area contributed by atoms with Gasteiger partial charge in [-0.1, -0.05) is 0 Å². The molecule has 1 aliphatic rings. The number of nitrogens with zero attached hydrogens (tertiary/aromatic N) is 3. The number of nitrogens with one attached hydrogen (secondary N) is 3. The topological polar surface area (TPSA) is 118 Å². The van der Waals surface area contributed by atoms with Gasteiger partial charge in [-0.25, -0.2) is 18.7 Å². The second-order valence-corrected chi connectivity index (χ2v) is 6.85. The molecule has 3 aromatic heterocycles. The fraction of sp³-hybridized carbons (Fsp3) is 0.263. The van der Waals surface area contributed by atoms with Crippen LogP contribution in [0.4, 0.5) is 14.6 Å². The summed E-state index contributed by atoms with van der Waals surface area (Å²) in [4.78, 5) is 8.55. The molecule has 0 radical (unpaired) electrons. The fourth-order valence-electron chi connectivity index (χ4n) is 3.47. The number of anilines is 1. The molecule has 7 N–H and O–H groups in total. The third kappa shape index (κ3) is 3.71. The number of halogens is 2. The third-order valence-electron chi connectivity index (χ3n) is 4.96. The molecule has 0 unspecified atom stereocenters. The van der Waals surface area contributed by atoms with E-state index in [-0.39, 0.29) is 17.6 Å². The molecule has 1 atom stereocenters. The van der Waals surface area contributed by atoms with Gasteiger partial charge in [0.25, 0.3) is 0 Å². The maximum absolute atomic E-state index is 14.6. The maximum atomic E-state index is 14.6. The van der Waals surface area contributed by atoms with Crippen molar-refractivity contribution < 1.29 is 8.78 Å². The smallest absolute Gasteiger partial charge is 0.168 e. The standard InChI is InChI=1S/C19H22F2N8/c20-13-7-14(21)19(26-12-2-1-4-24-9-12)27-18(13)16-10-25-17-6-11(3-5-29(16)17)15(8-22)28-23/h3,5-8,10,12,24,28H,1-2,4,9,22-23H2,(H,26,27)/b15-8-/t12-/m0/s1. The monoisotopic (exact) mass is 400 g/mol. The second-order valence-electron chi connectivity index (χ2n) is 6.85. The normalized spacial score (nSPS) is 17.5. The Hall–Kier alpha value is -3.24. The van der Waals surface area contributed by atoms with Crippen molar-refractivity contribution >= 4 is 17.2 Å². The number of piperidine rings is 1. The summed E-state index contributed by atoms with van der Waals surface area (Å²) in [6, 6.07) is 4.39. The van der Waals surface area contributed by atoms with Crippen molar-refractivity contribution in [3.05, 3.63) is 54.0 Å². The van der Waals surface area contributed by atoms with E-state index in [1.54, 1.807) is 22.7 Å². The van der Waals surface area contributed by atoms with E-state index in [0.29, 0.717) is 23.6 Å². The number of aromatic nitrogens is 3. The highest BCUT2D eigenvalue weighted by Crippen LogP contribution is 2.27. The van der Waals surface area contributed by atoms with E-state index in [4.69, 9.17) is 11.6 Å². The summed E-state index contributed by atoms with van der Waals surface area (Å²) >= 11 is 0. The van der Waals surface area contributed by atoms with Crippen LogP contribution in [-0.4, -0.2) is 33.5 Å². The van der Waals surface area contributed by atoms with Crippen LogP contribution < -0.4 is 27.6 Å². The molecule has 10 heteroatoms. The summed E-state index contributed by atoms with van der Waals surface area (Å²) in [6.07, 6.45) is 6.42. The van der Waals surface area contributed by atoms with Crippen LogP contribution >= 0.6 is 0 Å². The first-order valence-corrected chi connectivity index (χ1v) is 9.30. The molecule has 0 amide bonds. The van der Waals surface area contributed by atoms with Crippen molar-refractivity contribution in [3.63, 3.8) is 0 Å².